The van der Waals surface area contributed by atoms with E-state index in [1.165, 1.54) is 0 Å². The van der Waals surface area contributed by atoms with Crippen molar-refractivity contribution in [2.75, 3.05) is 26.6 Å². The molecule has 1 aliphatic rings. The van der Waals surface area contributed by atoms with Gasteiger partial charge in [-0.15, -0.1) is 6.58 Å². The highest BCUT2D eigenvalue weighted by molar-refractivity contribution is 4.95. The van der Waals surface area contributed by atoms with Crippen LogP contribution in [0.4, 0.5) is 0 Å². The summed E-state index contributed by atoms with van der Waals surface area (Å²) >= 11 is 0. The van der Waals surface area contributed by atoms with Crippen molar-refractivity contribution >= 4 is 0 Å². The maximum atomic E-state index is 8.91. The second-order valence-electron chi connectivity index (χ2n) is 2.54. The molecule has 0 bridgehead atoms. The first-order valence-corrected chi connectivity index (χ1v) is 3.23. The second-order valence-corrected chi connectivity index (χ2v) is 2.54. The summed E-state index contributed by atoms with van der Waals surface area (Å²) in [5.41, 5.74) is -0.363. The van der Waals surface area contributed by atoms with Crippen LogP contribution in [-0.4, -0.2) is 31.7 Å². The predicted molar refractivity (Wildman–Crippen MR) is 36.5 cm³/mol. The van der Waals surface area contributed by atoms with Gasteiger partial charge in [0.2, 0.25) is 0 Å². The number of hydrogen-bond acceptors (Lipinski definition) is 3. The fourth-order valence-electron chi connectivity index (χ4n) is 0.864. The largest absolute Gasteiger partial charge is 0.395 e. The van der Waals surface area contributed by atoms with Crippen molar-refractivity contribution in [2.24, 2.45) is 5.41 Å². The molecule has 10 heavy (non-hydrogen) atoms. The summed E-state index contributed by atoms with van der Waals surface area (Å²) in [5, 5.41) is 8.91. The van der Waals surface area contributed by atoms with Crippen molar-refractivity contribution in [3.05, 3.63) is 12.7 Å². The molecular weight excluding hydrogens is 132 g/mol. The summed E-state index contributed by atoms with van der Waals surface area (Å²) in [7, 11) is 0. The van der Waals surface area contributed by atoms with Gasteiger partial charge in [-0.3, -0.25) is 0 Å². The first-order chi connectivity index (χ1) is 4.83. The van der Waals surface area contributed by atoms with Gasteiger partial charge < -0.3 is 14.6 Å². The first kappa shape index (κ1) is 7.72. The minimum absolute atomic E-state index is 0.0382. The number of aliphatic hydroxyl groups excluding tert-OH is 1. The Balaban J connectivity index is 2.52. The van der Waals surface area contributed by atoms with Gasteiger partial charge >= 0.3 is 0 Å². The van der Waals surface area contributed by atoms with E-state index in [1.807, 2.05) is 0 Å². The molecule has 1 rings (SSSR count). The Morgan fingerprint density at radius 3 is 2.40 bits per heavy atom. The van der Waals surface area contributed by atoms with Crippen LogP contribution in [0.25, 0.3) is 0 Å². The molecule has 1 aliphatic heterocycles. The molecule has 0 spiro atoms. The van der Waals surface area contributed by atoms with Crippen molar-refractivity contribution in [3.63, 3.8) is 0 Å². The zero-order valence-corrected chi connectivity index (χ0v) is 5.88. The molecule has 0 atom stereocenters. The number of aliphatic hydroxyl groups is 1. The van der Waals surface area contributed by atoms with Gasteiger partial charge in [0.25, 0.3) is 0 Å². The highest BCUT2D eigenvalue weighted by Gasteiger charge is 2.29. The minimum Gasteiger partial charge on any atom is -0.395 e. The van der Waals surface area contributed by atoms with Gasteiger partial charge in [-0.05, 0) is 0 Å². The third-order valence-electron chi connectivity index (χ3n) is 1.69. The molecule has 0 aliphatic carbocycles. The minimum atomic E-state index is -0.363. The fraction of sp³-hybridized carbons (Fsp3) is 0.714. The number of hydrogen-bond donors (Lipinski definition) is 1. The van der Waals surface area contributed by atoms with Crippen LogP contribution in [-0.2, 0) is 9.47 Å². The standard InChI is InChI=1S/C7H12O3/c1-2-7(3-8)4-9-6-10-5-7/h2,8H,1,3-6H2. The van der Waals surface area contributed by atoms with Gasteiger partial charge in [0, 0.05) is 0 Å². The van der Waals surface area contributed by atoms with Gasteiger partial charge in [-0.1, -0.05) is 6.08 Å². The summed E-state index contributed by atoms with van der Waals surface area (Å²) in [6.45, 7) is 4.99. The molecule has 58 valence electrons. The maximum Gasteiger partial charge on any atom is 0.146 e. The Hall–Kier alpha value is -0.380. The van der Waals surface area contributed by atoms with E-state index in [0.29, 0.717) is 20.0 Å². The molecule has 0 unspecified atom stereocenters. The van der Waals surface area contributed by atoms with Crippen LogP contribution < -0.4 is 0 Å². The molecule has 0 saturated carbocycles. The van der Waals surface area contributed by atoms with Gasteiger partial charge in [0.15, 0.2) is 0 Å². The molecule has 1 N–H and O–H groups in total. The SMILES string of the molecule is C=CC1(CO)COCOC1. The van der Waals surface area contributed by atoms with E-state index in [-0.39, 0.29) is 12.0 Å². The topological polar surface area (TPSA) is 38.7 Å². The predicted octanol–water partition coefficient (Wildman–Crippen LogP) is 0.155. The Kier molecular flexibility index (Phi) is 2.43. The third-order valence-corrected chi connectivity index (χ3v) is 1.69. The van der Waals surface area contributed by atoms with Crippen LogP contribution >= 0.6 is 0 Å². The quantitative estimate of drug-likeness (QED) is 0.561. The second kappa shape index (κ2) is 3.14. The van der Waals surface area contributed by atoms with Crippen LogP contribution in [0.2, 0.25) is 0 Å². The zero-order chi connectivity index (χ0) is 7.45. The van der Waals surface area contributed by atoms with Crippen LogP contribution in [0.5, 0.6) is 0 Å². The molecule has 1 fully saturated rings. The average Bonchev–Trinajstić information content (AvgIpc) is 2.06. The van der Waals surface area contributed by atoms with Crippen molar-refractivity contribution in [2.45, 2.75) is 0 Å². The lowest BCUT2D eigenvalue weighted by Gasteiger charge is -2.31. The van der Waals surface area contributed by atoms with E-state index >= 15 is 0 Å². The van der Waals surface area contributed by atoms with Crippen LogP contribution in [0.3, 0.4) is 0 Å². The molecule has 0 radical (unpaired) electrons. The number of rotatable bonds is 2. The van der Waals surface area contributed by atoms with Gasteiger partial charge in [-0.25, -0.2) is 0 Å². The molecule has 0 aromatic rings. The van der Waals surface area contributed by atoms with Crippen LogP contribution in [0.1, 0.15) is 0 Å². The fourth-order valence-corrected chi connectivity index (χ4v) is 0.864. The lowest BCUT2D eigenvalue weighted by Crippen LogP contribution is -2.38. The normalized spacial score (nSPS) is 24.1. The first-order valence-electron chi connectivity index (χ1n) is 3.23. The highest BCUT2D eigenvalue weighted by atomic mass is 16.7. The van der Waals surface area contributed by atoms with Crippen molar-refractivity contribution in [1.82, 2.24) is 0 Å². The van der Waals surface area contributed by atoms with E-state index in [2.05, 4.69) is 6.58 Å². The Labute approximate surface area is 60.3 Å². The Bertz CT molecular complexity index is 116. The van der Waals surface area contributed by atoms with E-state index in [1.54, 1.807) is 6.08 Å². The molecular formula is C7H12O3. The van der Waals surface area contributed by atoms with Crippen LogP contribution in [0.15, 0.2) is 12.7 Å². The number of ether oxygens (including phenoxy) is 2. The van der Waals surface area contributed by atoms with Crippen molar-refractivity contribution in [1.29, 1.82) is 0 Å². The zero-order valence-electron chi connectivity index (χ0n) is 5.88. The summed E-state index contributed by atoms with van der Waals surface area (Å²) in [5.74, 6) is 0. The summed E-state index contributed by atoms with van der Waals surface area (Å²) < 4.78 is 10.0. The van der Waals surface area contributed by atoms with Crippen molar-refractivity contribution < 1.29 is 14.6 Å². The molecule has 1 saturated heterocycles. The molecule has 0 aromatic heterocycles. The van der Waals surface area contributed by atoms with E-state index in [4.69, 9.17) is 14.6 Å². The Morgan fingerprint density at radius 2 is 2.10 bits per heavy atom. The van der Waals surface area contributed by atoms with E-state index < -0.39 is 0 Å². The van der Waals surface area contributed by atoms with E-state index in [9.17, 15) is 0 Å². The third kappa shape index (κ3) is 1.37. The molecule has 3 heteroatoms. The molecule has 1 heterocycles. The van der Waals surface area contributed by atoms with E-state index in [0.717, 1.165) is 0 Å². The van der Waals surface area contributed by atoms with Crippen molar-refractivity contribution in [3.8, 4) is 0 Å². The monoisotopic (exact) mass is 144 g/mol. The van der Waals surface area contributed by atoms with Gasteiger partial charge in [-0.2, -0.15) is 0 Å². The maximum absolute atomic E-state index is 8.91. The lowest BCUT2D eigenvalue weighted by molar-refractivity contribution is -0.159. The smallest absolute Gasteiger partial charge is 0.146 e. The van der Waals surface area contributed by atoms with Gasteiger partial charge in [0.1, 0.15) is 6.79 Å². The summed E-state index contributed by atoms with van der Waals surface area (Å²) in [6, 6.07) is 0. The summed E-state index contributed by atoms with van der Waals surface area (Å²) in [4.78, 5) is 0. The molecule has 0 amide bonds. The highest BCUT2D eigenvalue weighted by Crippen LogP contribution is 2.21. The average molecular weight is 144 g/mol. The Morgan fingerprint density at radius 1 is 1.50 bits per heavy atom. The van der Waals surface area contributed by atoms with Gasteiger partial charge in [0.05, 0.1) is 25.2 Å². The van der Waals surface area contributed by atoms with Crippen LogP contribution in [0, 0.1) is 5.41 Å². The summed E-state index contributed by atoms with van der Waals surface area (Å²) in [6.07, 6.45) is 1.69. The molecule has 0 aromatic carbocycles. The lowest BCUT2D eigenvalue weighted by atomic mass is 9.91. The molecule has 3 nitrogen and oxygen atoms in total.